The molecule has 0 radical (unpaired) electrons. The molecule has 1 rings (SSSR count). The summed E-state index contributed by atoms with van der Waals surface area (Å²) in [5, 5.41) is 8.37. The number of nitriles is 1. The molecule has 68 valence electrons. The number of nitrogens with one attached hydrogen (secondary N) is 1. The van der Waals surface area contributed by atoms with Gasteiger partial charge in [-0.3, -0.25) is 0 Å². The molecule has 0 aromatic rings. The van der Waals surface area contributed by atoms with Gasteiger partial charge in [0.15, 0.2) is 0 Å². The molecule has 1 N–H and O–H groups in total. The number of nitrogens with zero attached hydrogens (tertiary/aromatic N) is 1. The van der Waals surface area contributed by atoms with Crippen LogP contribution in [0.2, 0.25) is 0 Å². The van der Waals surface area contributed by atoms with Gasteiger partial charge in [0.1, 0.15) is 6.04 Å². The van der Waals surface area contributed by atoms with E-state index in [0.717, 1.165) is 12.8 Å². The third kappa shape index (κ3) is 3.20. The van der Waals surface area contributed by atoms with Crippen molar-refractivity contribution in [3.8, 4) is 6.07 Å². The zero-order chi connectivity index (χ0) is 9.19. The average Bonchev–Trinajstić information content (AvgIpc) is 2.69. The van der Waals surface area contributed by atoms with Gasteiger partial charge < -0.3 is 0 Å². The molecule has 0 bridgehead atoms. The number of hydrogen-bond acceptors (Lipinski definition) is 3. The Hall–Kier alpha value is -0.600. The van der Waals surface area contributed by atoms with E-state index >= 15 is 0 Å². The fraction of sp³-hybridized carbons (Fsp3) is 0.857. The smallest absolute Gasteiger partial charge is 0.212 e. The first kappa shape index (κ1) is 9.49. The van der Waals surface area contributed by atoms with Crippen molar-refractivity contribution in [2.45, 2.75) is 25.8 Å². The number of rotatable bonds is 4. The van der Waals surface area contributed by atoms with E-state index in [2.05, 4.69) is 4.72 Å². The van der Waals surface area contributed by atoms with Gasteiger partial charge in [0.25, 0.3) is 0 Å². The molecular weight excluding hydrogens is 176 g/mol. The van der Waals surface area contributed by atoms with E-state index in [9.17, 15) is 8.42 Å². The molecule has 0 aromatic carbocycles. The zero-order valence-corrected chi connectivity index (χ0v) is 7.76. The molecule has 12 heavy (non-hydrogen) atoms. The van der Waals surface area contributed by atoms with Crippen LogP contribution in [-0.4, -0.2) is 20.2 Å². The summed E-state index contributed by atoms with van der Waals surface area (Å²) < 4.78 is 24.7. The van der Waals surface area contributed by atoms with Gasteiger partial charge in [-0.15, -0.1) is 0 Å². The van der Waals surface area contributed by atoms with E-state index in [1.807, 2.05) is 6.07 Å². The van der Waals surface area contributed by atoms with Crippen molar-refractivity contribution in [1.82, 2.24) is 4.72 Å². The van der Waals surface area contributed by atoms with E-state index in [-0.39, 0.29) is 5.75 Å². The van der Waals surface area contributed by atoms with Crippen molar-refractivity contribution in [3.63, 3.8) is 0 Å². The van der Waals surface area contributed by atoms with Crippen LogP contribution in [0, 0.1) is 17.2 Å². The molecule has 4 nitrogen and oxygen atoms in total. The lowest BCUT2D eigenvalue weighted by molar-refractivity contribution is 0.573. The molecule has 0 aliphatic heterocycles. The fourth-order valence-corrected chi connectivity index (χ4v) is 2.58. The van der Waals surface area contributed by atoms with Crippen LogP contribution in [0.3, 0.4) is 0 Å². The number of sulfonamides is 1. The number of hydrogen-bond donors (Lipinski definition) is 1. The third-order valence-electron chi connectivity index (χ3n) is 1.70. The zero-order valence-electron chi connectivity index (χ0n) is 6.95. The minimum Gasteiger partial charge on any atom is -0.212 e. The van der Waals surface area contributed by atoms with E-state index in [1.54, 1.807) is 0 Å². The Morgan fingerprint density at radius 2 is 2.25 bits per heavy atom. The SMILES string of the molecule is CC(C#N)NS(=O)(=O)CC1CC1. The van der Waals surface area contributed by atoms with Crippen molar-refractivity contribution in [2.24, 2.45) is 5.92 Å². The molecule has 1 atom stereocenters. The van der Waals surface area contributed by atoms with Crippen LogP contribution in [0.15, 0.2) is 0 Å². The highest BCUT2D eigenvalue weighted by atomic mass is 32.2. The van der Waals surface area contributed by atoms with Crippen LogP contribution in [0.1, 0.15) is 19.8 Å². The lowest BCUT2D eigenvalue weighted by Gasteiger charge is -2.05. The highest BCUT2D eigenvalue weighted by Gasteiger charge is 2.28. The minimum atomic E-state index is -3.20. The van der Waals surface area contributed by atoms with Gasteiger partial charge in [0.2, 0.25) is 10.0 Å². The summed E-state index contributed by atoms with van der Waals surface area (Å²) in [6, 6.07) is 1.21. The second-order valence-corrected chi connectivity index (χ2v) is 4.99. The molecule has 1 saturated carbocycles. The molecule has 0 amide bonds. The third-order valence-corrected chi connectivity index (χ3v) is 3.32. The maximum absolute atomic E-state index is 11.2. The van der Waals surface area contributed by atoms with Gasteiger partial charge in [0.05, 0.1) is 11.8 Å². The second-order valence-electron chi connectivity index (χ2n) is 3.19. The highest BCUT2D eigenvalue weighted by Crippen LogP contribution is 2.29. The van der Waals surface area contributed by atoms with Crippen LogP contribution in [0.5, 0.6) is 0 Å². The Morgan fingerprint density at radius 3 is 2.67 bits per heavy atom. The van der Waals surface area contributed by atoms with Gasteiger partial charge in [-0.2, -0.15) is 9.98 Å². The molecule has 0 spiro atoms. The molecule has 0 aromatic heterocycles. The summed E-state index contributed by atoms with van der Waals surface area (Å²) >= 11 is 0. The lowest BCUT2D eigenvalue weighted by Crippen LogP contribution is -2.33. The molecular formula is C7H12N2O2S. The topological polar surface area (TPSA) is 70.0 Å². The van der Waals surface area contributed by atoms with E-state index in [4.69, 9.17) is 5.26 Å². The average molecular weight is 188 g/mol. The van der Waals surface area contributed by atoms with E-state index in [0.29, 0.717) is 5.92 Å². The van der Waals surface area contributed by atoms with Crippen LogP contribution in [-0.2, 0) is 10.0 Å². The largest absolute Gasteiger partial charge is 0.213 e. The van der Waals surface area contributed by atoms with Crippen LogP contribution in [0.25, 0.3) is 0 Å². The summed E-state index contributed by atoms with van der Waals surface area (Å²) in [7, 11) is -3.20. The molecule has 5 heteroatoms. The van der Waals surface area contributed by atoms with E-state index in [1.165, 1.54) is 6.92 Å². The Balaban J connectivity index is 2.43. The van der Waals surface area contributed by atoms with Crippen LogP contribution < -0.4 is 4.72 Å². The quantitative estimate of drug-likeness (QED) is 0.686. The maximum Gasteiger partial charge on any atom is 0.213 e. The molecule has 1 aliphatic rings. The molecule has 1 unspecified atom stereocenters. The standard InChI is InChI=1S/C7H12N2O2S/c1-6(4-8)9-12(10,11)5-7-2-3-7/h6-7,9H,2-3,5H2,1H3. The normalized spacial score (nSPS) is 20.0. The van der Waals surface area contributed by atoms with Crippen molar-refractivity contribution in [1.29, 1.82) is 5.26 Å². The van der Waals surface area contributed by atoms with Gasteiger partial charge >= 0.3 is 0 Å². The summed E-state index contributed by atoms with van der Waals surface area (Å²) in [6.45, 7) is 1.53. The monoisotopic (exact) mass is 188 g/mol. The van der Waals surface area contributed by atoms with E-state index < -0.39 is 16.1 Å². The van der Waals surface area contributed by atoms with Crippen molar-refractivity contribution in [2.75, 3.05) is 5.75 Å². The highest BCUT2D eigenvalue weighted by molar-refractivity contribution is 7.89. The van der Waals surface area contributed by atoms with Gasteiger partial charge in [-0.1, -0.05) is 0 Å². The molecule has 1 aliphatic carbocycles. The minimum absolute atomic E-state index is 0.180. The van der Waals surface area contributed by atoms with Crippen molar-refractivity contribution in [3.05, 3.63) is 0 Å². The Bertz CT molecular complexity index is 287. The molecule has 1 fully saturated rings. The summed E-state index contributed by atoms with van der Waals surface area (Å²) in [6.07, 6.45) is 2.00. The summed E-state index contributed by atoms with van der Waals surface area (Å²) in [5.74, 6) is 0.507. The predicted octanol–water partition coefficient (Wildman–Crippen LogP) is 0.228. The van der Waals surface area contributed by atoms with Crippen LogP contribution >= 0.6 is 0 Å². The van der Waals surface area contributed by atoms with Gasteiger partial charge in [-0.25, -0.2) is 8.42 Å². The predicted molar refractivity (Wildman–Crippen MR) is 44.7 cm³/mol. The van der Waals surface area contributed by atoms with Crippen LogP contribution in [0.4, 0.5) is 0 Å². The maximum atomic E-state index is 11.2. The molecule has 0 heterocycles. The second kappa shape index (κ2) is 3.42. The summed E-state index contributed by atoms with van der Waals surface area (Å²) in [5.41, 5.74) is 0. The molecule has 0 saturated heterocycles. The Kier molecular flexibility index (Phi) is 2.70. The van der Waals surface area contributed by atoms with Gasteiger partial charge in [0, 0.05) is 0 Å². The lowest BCUT2D eigenvalue weighted by atomic mass is 10.4. The van der Waals surface area contributed by atoms with Gasteiger partial charge in [-0.05, 0) is 25.7 Å². The fourth-order valence-electron chi connectivity index (χ4n) is 0.939. The Labute approximate surface area is 72.6 Å². The summed E-state index contributed by atoms with van der Waals surface area (Å²) in [4.78, 5) is 0. The first-order valence-electron chi connectivity index (χ1n) is 3.93. The first-order valence-corrected chi connectivity index (χ1v) is 5.58. The van der Waals surface area contributed by atoms with Crippen molar-refractivity contribution < 1.29 is 8.42 Å². The van der Waals surface area contributed by atoms with Crippen molar-refractivity contribution >= 4 is 10.0 Å². The first-order chi connectivity index (χ1) is 5.53. The Morgan fingerprint density at radius 1 is 1.67 bits per heavy atom.